The number of carbonyl (C=O) groups excluding carboxylic acids is 1. The Labute approximate surface area is 181 Å². The lowest BCUT2D eigenvalue weighted by molar-refractivity contribution is -0.123. The Kier molecular flexibility index (Phi) is 6.09. The van der Waals surface area contributed by atoms with Crippen molar-refractivity contribution in [2.45, 2.75) is 6.04 Å². The zero-order valence-electron chi connectivity index (χ0n) is 17.9. The Balaban J connectivity index is 1.37. The summed E-state index contributed by atoms with van der Waals surface area (Å²) in [4.78, 5) is 14.5. The first-order valence-electron chi connectivity index (χ1n) is 10.2. The molecular formula is C25H26N2O4. The summed E-state index contributed by atoms with van der Waals surface area (Å²) in [7, 11) is 5.62. The highest BCUT2D eigenvalue weighted by Gasteiger charge is 2.16. The molecule has 0 unspecified atom stereocenters. The summed E-state index contributed by atoms with van der Waals surface area (Å²) in [5.41, 5.74) is 2.73. The largest absolute Gasteiger partial charge is 0.497 e. The van der Waals surface area contributed by atoms with E-state index in [0.717, 1.165) is 33.3 Å². The highest BCUT2D eigenvalue weighted by atomic mass is 16.5. The molecule has 6 nitrogen and oxygen atoms in total. The molecule has 6 heteroatoms. The van der Waals surface area contributed by atoms with Crippen molar-refractivity contribution < 1.29 is 18.7 Å². The molecule has 0 aliphatic carbocycles. The van der Waals surface area contributed by atoms with Gasteiger partial charge in [0.15, 0.2) is 6.61 Å². The van der Waals surface area contributed by atoms with Gasteiger partial charge in [0.1, 0.15) is 22.7 Å². The summed E-state index contributed by atoms with van der Waals surface area (Å²) in [6.07, 6.45) is 0. The molecule has 0 fully saturated rings. The fraction of sp³-hybridized carbons (Fsp3) is 0.240. The maximum Gasteiger partial charge on any atom is 0.258 e. The molecule has 0 aliphatic heterocycles. The van der Waals surface area contributed by atoms with E-state index in [1.165, 1.54) is 0 Å². The van der Waals surface area contributed by atoms with Gasteiger partial charge >= 0.3 is 0 Å². The van der Waals surface area contributed by atoms with Gasteiger partial charge in [-0.1, -0.05) is 30.3 Å². The van der Waals surface area contributed by atoms with E-state index in [1.807, 2.05) is 80.8 Å². The summed E-state index contributed by atoms with van der Waals surface area (Å²) < 4.78 is 16.8. The van der Waals surface area contributed by atoms with Crippen LogP contribution in [0.3, 0.4) is 0 Å². The average Bonchev–Trinajstić information content (AvgIpc) is 3.16. The number of nitrogens with zero attached hydrogens (tertiary/aromatic N) is 1. The number of fused-ring (bicyclic) bond motifs is 3. The third-order valence-electron chi connectivity index (χ3n) is 5.33. The van der Waals surface area contributed by atoms with Crippen molar-refractivity contribution >= 4 is 27.8 Å². The van der Waals surface area contributed by atoms with Gasteiger partial charge in [0.05, 0.1) is 13.2 Å². The van der Waals surface area contributed by atoms with E-state index >= 15 is 0 Å². The van der Waals surface area contributed by atoms with Crippen LogP contribution < -0.4 is 14.8 Å². The molecule has 3 aromatic carbocycles. The van der Waals surface area contributed by atoms with E-state index in [0.29, 0.717) is 12.3 Å². The van der Waals surface area contributed by atoms with Gasteiger partial charge in [-0.2, -0.15) is 0 Å². The van der Waals surface area contributed by atoms with Crippen LogP contribution >= 0.6 is 0 Å². The first-order chi connectivity index (χ1) is 15.0. The molecular weight excluding hydrogens is 392 g/mol. The fourth-order valence-corrected chi connectivity index (χ4v) is 3.63. The smallest absolute Gasteiger partial charge is 0.258 e. The van der Waals surface area contributed by atoms with Crippen LogP contribution in [-0.2, 0) is 4.79 Å². The van der Waals surface area contributed by atoms with Crippen molar-refractivity contribution in [2.75, 3.05) is 34.4 Å². The van der Waals surface area contributed by atoms with E-state index in [1.54, 1.807) is 7.11 Å². The number of hydrogen-bond donors (Lipinski definition) is 1. The van der Waals surface area contributed by atoms with E-state index in [4.69, 9.17) is 13.9 Å². The number of rotatable bonds is 8. The van der Waals surface area contributed by atoms with Crippen LogP contribution in [0.1, 0.15) is 11.6 Å². The molecule has 0 saturated carbocycles. The zero-order chi connectivity index (χ0) is 21.8. The minimum absolute atomic E-state index is 0.0449. The fourth-order valence-electron chi connectivity index (χ4n) is 3.63. The average molecular weight is 418 g/mol. The molecule has 0 aliphatic rings. The topological polar surface area (TPSA) is 63.9 Å². The molecule has 31 heavy (non-hydrogen) atoms. The van der Waals surface area contributed by atoms with E-state index in [-0.39, 0.29) is 18.6 Å². The number of para-hydroxylation sites is 1. The first-order valence-corrected chi connectivity index (χ1v) is 10.2. The van der Waals surface area contributed by atoms with Crippen LogP contribution in [-0.4, -0.2) is 45.2 Å². The Hall–Kier alpha value is -3.51. The third-order valence-corrected chi connectivity index (χ3v) is 5.33. The summed E-state index contributed by atoms with van der Waals surface area (Å²) in [6, 6.07) is 21.4. The van der Waals surface area contributed by atoms with Crippen LogP contribution in [0.2, 0.25) is 0 Å². The van der Waals surface area contributed by atoms with Gasteiger partial charge in [-0.25, -0.2) is 0 Å². The zero-order valence-corrected chi connectivity index (χ0v) is 17.9. The van der Waals surface area contributed by atoms with Crippen molar-refractivity contribution in [1.82, 2.24) is 10.2 Å². The predicted molar refractivity (Wildman–Crippen MR) is 122 cm³/mol. The number of benzene rings is 3. The second-order valence-corrected chi connectivity index (χ2v) is 7.60. The van der Waals surface area contributed by atoms with Gasteiger partial charge in [0, 0.05) is 17.3 Å². The minimum atomic E-state index is -0.169. The van der Waals surface area contributed by atoms with Gasteiger partial charge in [0.2, 0.25) is 0 Å². The van der Waals surface area contributed by atoms with Crippen molar-refractivity contribution in [3.8, 4) is 11.5 Å². The number of furan rings is 1. The molecule has 1 aromatic heterocycles. The highest BCUT2D eigenvalue weighted by Crippen LogP contribution is 2.31. The number of carbonyl (C=O) groups is 1. The van der Waals surface area contributed by atoms with Crippen molar-refractivity contribution in [2.24, 2.45) is 0 Å². The molecule has 1 amide bonds. The maximum atomic E-state index is 12.4. The van der Waals surface area contributed by atoms with Gasteiger partial charge in [-0.15, -0.1) is 0 Å². The second-order valence-electron chi connectivity index (χ2n) is 7.60. The lowest BCUT2D eigenvalue weighted by Crippen LogP contribution is -2.36. The molecule has 4 rings (SSSR count). The Morgan fingerprint density at radius 2 is 1.68 bits per heavy atom. The van der Waals surface area contributed by atoms with Crippen LogP contribution in [0, 0.1) is 0 Å². The number of nitrogens with one attached hydrogen (secondary N) is 1. The number of amides is 1. The summed E-state index contributed by atoms with van der Waals surface area (Å²) in [6.45, 7) is 0.428. The molecule has 0 bridgehead atoms. The van der Waals surface area contributed by atoms with Crippen molar-refractivity contribution in [3.05, 3.63) is 72.3 Å². The molecule has 1 heterocycles. The van der Waals surface area contributed by atoms with Crippen LogP contribution in [0.4, 0.5) is 0 Å². The van der Waals surface area contributed by atoms with E-state index < -0.39 is 0 Å². The first kappa shape index (κ1) is 20.8. The van der Waals surface area contributed by atoms with Gasteiger partial charge in [-0.3, -0.25) is 4.79 Å². The molecule has 0 saturated heterocycles. The monoisotopic (exact) mass is 418 g/mol. The van der Waals surface area contributed by atoms with Crippen molar-refractivity contribution in [1.29, 1.82) is 0 Å². The lowest BCUT2D eigenvalue weighted by atomic mass is 10.1. The Morgan fingerprint density at radius 1 is 0.968 bits per heavy atom. The molecule has 1 N–H and O–H groups in total. The van der Waals surface area contributed by atoms with Crippen molar-refractivity contribution in [3.63, 3.8) is 0 Å². The van der Waals surface area contributed by atoms with Gasteiger partial charge in [-0.05, 0) is 56.1 Å². The van der Waals surface area contributed by atoms with Gasteiger partial charge < -0.3 is 24.1 Å². The minimum Gasteiger partial charge on any atom is -0.497 e. The number of hydrogen-bond acceptors (Lipinski definition) is 5. The van der Waals surface area contributed by atoms with E-state index in [9.17, 15) is 4.79 Å². The Morgan fingerprint density at radius 3 is 2.42 bits per heavy atom. The molecule has 4 aromatic rings. The maximum absolute atomic E-state index is 12.4. The molecule has 160 valence electrons. The summed E-state index contributed by atoms with van der Waals surface area (Å²) in [5.74, 6) is 1.27. The predicted octanol–water partition coefficient (Wildman–Crippen LogP) is 4.39. The normalized spacial score (nSPS) is 12.3. The molecule has 1 atom stereocenters. The summed E-state index contributed by atoms with van der Waals surface area (Å²) in [5, 5.41) is 4.97. The lowest BCUT2D eigenvalue weighted by Gasteiger charge is -2.25. The van der Waals surface area contributed by atoms with Crippen LogP contribution in [0.25, 0.3) is 21.9 Å². The molecule has 0 spiro atoms. The highest BCUT2D eigenvalue weighted by molar-refractivity contribution is 6.05. The third kappa shape index (κ3) is 4.64. The number of methoxy groups -OCH3 is 1. The standard InChI is InChI=1S/C25H26N2O4/c1-27(2)22(17-8-10-18(29-3)11-9-17)15-26-25(28)16-30-19-12-13-24-21(14-19)20-6-4-5-7-23(20)31-24/h4-14,22H,15-16H2,1-3H3,(H,26,28)/t22-/m0/s1. The molecule has 0 radical (unpaired) electrons. The number of likely N-dealkylation sites (N-methyl/N-ethyl adjacent to an activating group) is 1. The summed E-state index contributed by atoms with van der Waals surface area (Å²) >= 11 is 0. The van der Waals surface area contributed by atoms with Crippen LogP contribution in [0.5, 0.6) is 11.5 Å². The quantitative estimate of drug-likeness (QED) is 0.460. The van der Waals surface area contributed by atoms with E-state index in [2.05, 4.69) is 10.2 Å². The van der Waals surface area contributed by atoms with Gasteiger partial charge in [0.25, 0.3) is 5.91 Å². The SMILES string of the molecule is COc1ccc([C@H](CNC(=O)COc2ccc3oc4ccccc4c3c2)N(C)C)cc1. The van der Waals surface area contributed by atoms with Crippen LogP contribution in [0.15, 0.2) is 71.1 Å². The second kappa shape index (κ2) is 9.10. The number of ether oxygens (including phenoxy) is 2. The Bertz CT molecular complexity index is 1180.